The number of guanidine groups is 2. The van der Waals surface area contributed by atoms with E-state index in [0.717, 1.165) is 50.1 Å². The van der Waals surface area contributed by atoms with Crippen LogP contribution in [0.5, 0.6) is 0 Å². The molecule has 1 aromatic rings. The lowest BCUT2D eigenvalue weighted by molar-refractivity contribution is -0.118. The molecule has 0 radical (unpaired) electrons. The number of aliphatic imine (C=N–C) groups is 2. The van der Waals surface area contributed by atoms with Crippen LogP contribution in [0, 0.1) is 0 Å². The van der Waals surface area contributed by atoms with Crippen molar-refractivity contribution in [3.8, 4) is 0 Å². The lowest BCUT2D eigenvalue weighted by Gasteiger charge is -2.45. The fourth-order valence-corrected chi connectivity index (χ4v) is 4.35. The summed E-state index contributed by atoms with van der Waals surface area (Å²) in [6, 6.07) is 7.66. The number of hydrogen-bond donors (Lipinski definition) is 3. The minimum atomic E-state index is -0.463. The van der Waals surface area contributed by atoms with E-state index in [1.807, 2.05) is 29.2 Å². The molecule has 1 aliphatic carbocycles. The topological polar surface area (TPSA) is 122 Å². The van der Waals surface area contributed by atoms with Gasteiger partial charge >= 0.3 is 0 Å². The first kappa shape index (κ1) is 19.7. The van der Waals surface area contributed by atoms with Crippen LogP contribution in [0.2, 0.25) is 0 Å². The highest BCUT2D eigenvalue weighted by molar-refractivity contribution is 6.05. The molecule has 3 aliphatic rings. The van der Waals surface area contributed by atoms with Crippen LogP contribution < -0.4 is 21.7 Å². The number of nitrogens with zero attached hydrogens (tertiary/aromatic N) is 4. The molecule has 0 atom stereocenters. The Bertz CT molecular complexity index is 794. The first-order chi connectivity index (χ1) is 14.1. The van der Waals surface area contributed by atoms with Crippen LogP contribution in [-0.4, -0.2) is 61.2 Å². The number of carbonyl (C=O) groups excluding carboxylic acids is 1. The van der Waals surface area contributed by atoms with Gasteiger partial charge in [0.15, 0.2) is 0 Å². The maximum absolute atomic E-state index is 12.3. The van der Waals surface area contributed by atoms with Crippen LogP contribution in [0.4, 0.5) is 11.4 Å². The van der Waals surface area contributed by atoms with Crippen molar-refractivity contribution in [2.24, 2.45) is 21.5 Å². The second-order valence-electron chi connectivity index (χ2n) is 7.80. The van der Waals surface area contributed by atoms with E-state index in [0.29, 0.717) is 25.7 Å². The zero-order chi connectivity index (χ0) is 20.3. The summed E-state index contributed by atoms with van der Waals surface area (Å²) < 4.78 is 5.32. The molecule has 5 N–H and O–H groups in total. The average Bonchev–Trinajstić information content (AvgIpc) is 2.70. The maximum Gasteiger partial charge on any atom is 0.238 e. The maximum atomic E-state index is 12.3. The van der Waals surface area contributed by atoms with E-state index in [4.69, 9.17) is 16.2 Å². The number of morpholine rings is 1. The van der Waals surface area contributed by atoms with Gasteiger partial charge in [0.25, 0.3) is 0 Å². The Balaban J connectivity index is 1.46. The lowest BCUT2D eigenvalue weighted by atomic mass is 9.87. The summed E-state index contributed by atoms with van der Waals surface area (Å²) in [5, 5.41) is 2.96. The minimum absolute atomic E-state index is 0.0279. The highest BCUT2D eigenvalue weighted by Gasteiger charge is 2.42. The van der Waals surface area contributed by atoms with E-state index < -0.39 is 5.66 Å². The van der Waals surface area contributed by atoms with Crippen LogP contribution in [0.25, 0.3) is 0 Å². The predicted octanol–water partition coefficient (Wildman–Crippen LogP) is 1.07. The Hall–Kier alpha value is -2.65. The molecule has 0 unspecified atom stereocenters. The number of carbonyl (C=O) groups is 1. The van der Waals surface area contributed by atoms with E-state index in [1.165, 1.54) is 6.42 Å². The van der Waals surface area contributed by atoms with Gasteiger partial charge in [0.05, 0.1) is 19.8 Å². The quantitative estimate of drug-likeness (QED) is 0.696. The third-order valence-corrected chi connectivity index (χ3v) is 5.73. The van der Waals surface area contributed by atoms with Crippen molar-refractivity contribution >= 4 is 29.2 Å². The molecule has 1 spiro atoms. The van der Waals surface area contributed by atoms with Gasteiger partial charge in [0.1, 0.15) is 5.66 Å². The predicted molar refractivity (Wildman–Crippen MR) is 114 cm³/mol. The molecule has 4 rings (SSSR count). The number of hydrogen-bond acceptors (Lipinski definition) is 8. The van der Waals surface area contributed by atoms with E-state index in [2.05, 4.69) is 20.2 Å². The van der Waals surface area contributed by atoms with Gasteiger partial charge in [-0.25, -0.2) is 4.99 Å². The van der Waals surface area contributed by atoms with Crippen molar-refractivity contribution in [2.45, 2.75) is 37.8 Å². The second kappa shape index (κ2) is 8.38. The number of amides is 1. The standard InChI is InChI=1S/C20H29N7O2/c21-18-24-19(22)27(20(25-18)8-2-1-3-9-20)16-6-4-15(5-7-16)23-17(28)14-26-10-12-29-13-11-26/h4-7H,1-3,8-14H2,(H,23,28)(H4,21,22,24,25). The van der Waals surface area contributed by atoms with Crippen LogP contribution in [0.1, 0.15) is 32.1 Å². The molecule has 2 heterocycles. The zero-order valence-electron chi connectivity index (χ0n) is 16.6. The molecule has 2 fully saturated rings. The molecule has 0 bridgehead atoms. The van der Waals surface area contributed by atoms with Gasteiger partial charge in [0.2, 0.25) is 17.8 Å². The number of rotatable bonds is 4. The third-order valence-electron chi connectivity index (χ3n) is 5.73. The highest BCUT2D eigenvalue weighted by Crippen LogP contribution is 2.39. The average molecular weight is 399 g/mol. The van der Waals surface area contributed by atoms with Crippen LogP contribution in [0.3, 0.4) is 0 Å². The SMILES string of the molecule is NC1=NC2(CCCCC2)N(c2ccc(NC(=O)CN3CCOCC3)cc2)C(N)=N1. The number of nitrogens with one attached hydrogen (secondary N) is 1. The molecule has 1 saturated carbocycles. The highest BCUT2D eigenvalue weighted by atomic mass is 16.5. The molecule has 29 heavy (non-hydrogen) atoms. The summed E-state index contributed by atoms with van der Waals surface area (Å²) in [6.45, 7) is 3.29. The molecule has 9 heteroatoms. The number of benzene rings is 1. The Morgan fingerprint density at radius 1 is 1.10 bits per heavy atom. The van der Waals surface area contributed by atoms with Crippen molar-refractivity contribution < 1.29 is 9.53 Å². The van der Waals surface area contributed by atoms with E-state index >= 15 is 0 Å². The number of ether oxygens (including phenoxy) is 1. The van der Waals surface area contributed by atoms with E-state index in [-0.39, 0.29) is 11.9 Å². The summed E-state index contributed by atoms with van der Waals surface area (Å²) in [7, 11) is 0. The van der Waals surface area contributed by atoms with E-state index in [9.17, 15) is 4.79 Å². The largest absolute Gasteiger partial charge is 0.379 e. The van der Waals surface area contributed by atoms with Gasteiger partial charge in [-0.3, -0.25) is 14.6 Å². The zero-order valence-corrected chi connectivity index (χ0v) is 16.6. The summed E-state index contributed by atoms with van der Waals surface area (Å²) in [6.07, 6.45) is 5.13. The molecule has 2 aliphatic heterocycles. The molecule has 9 nitrogen and oxygen atoms in total. The Morgan fingerprint density at radius 2 is 1.79 bits per heavy atom. The first-order valence-electron chi connectivity index (χ1n) is 10.3. The van der Waals surface area contributed by atoms with Gasteiger partial charge in [0, 0.05) is 24.5 Å². The van der Waals surface area contributed by atoms with Crippen molar-refractivity contribution in [1.29, 1.82) is 0 Å². The fourth-order valence-electron chi connectivity index (χ4n) is 4.35. The molecule has 156 valence electrons. The normalized spacial score (nSPS) is 22.1. The van der Waals surface area contributed by atoms with Crippen molar-refractivity contribution in [2.75, 3.05) is 43.1 Å². The van der Waals surface area contributed by atoms with Crippen molar-refractivity contribution in [3.05, 3.63) is 24.3 Å². The van der Waals surface area contributed by atoms with Crippen LogP contribution >= 0.6 is 0 Å². The van der Waals surface area contributed by atoms with Gasteiger partial charge in [-0.2, -0.15) is 4.99 Å². The summed E-state index contributed by atoms with van der Waals surface area (Å²) in [5.74, 6) is 0.580. The van der Waals surface area contributed by atoms with Crippen LogP contribution in [0.15, 0.2) is 34.3 Å². The molecular weight excluding hydrogens is 370 g/mol. The Labute approximate surface area is 170 Å². The van der Waals surface area contributed by atoms with E-state index in [1.54, 1.807) is 0 Å². The third kappa shape index (κ3) is 4.35. The molecule has 1 aromatic carbocycles. The summed E-state index contributed by atoms with van der Waals surface area (Å²) >= 11 is 0. The first-order valence-corrected chi connectivity index (χ1v) is 10.3. The molecule has 1 saturated heterocycles. The Kier molecular flexibility index (Phi) is 5.68. The van der Waals surface area contributed by atoms with Crippen molar-refractivity contribution in [3.63, 3.8) is 0 Å². The van der Waals surface area contributed by atoms with Gasteiger partial charge in [-0.1, -0.05) is 6.42 Å². The summed E-state index contributed by atoms with van der Waals surface area (Å²) in [5.41, 5.74) is 13.4. The second-order valence-corrected chi connectivity index (χ2v) is 7.80. The van der Waals surface area contributed by atoms with Gasteiger partial charge < -0.3 is 21.5 Å². The minimum Gasteiger partial charge on any atom is -0.379 e. The van der Waals surface area contributed by atoms with Crippen LogP contribution in [-0.2, 0) is 9.53 Å². The smallest absolute Gasteiger partial charge is 0.238 e. The monoisotopic (exact) mass is 399 g/mol. The van der Waals surface area contributed by atoms with Gasteiger partial charge in [-0.05, 0) is 49.9 Å². The number of nitrogens with two attached hydrogens (primary N) is 2. The van der Waals surface area contributed by atoms with Crippen molar-refractivity contribution in [1.82, 2.24) is 4.90 Å². The lowest BCUT2D eigenvalue weighted by Crippen LogP contribution is -2.58. The Morgan fingerprint density at radius 3 is 2.48 bits per heavy atom. The molecule has 0 aromatic heterocycles. The fraction of sp³-hybridized carbons (Fsp3) is 0.550. The molecule has 1 amide bonds. The van der Waals surface area contributed by atoms with Gasteiger partial charge in [-0.15, -0.1) is 0 Å². The molecular formula is C20H29N7O2. The summed E-state index contributed by atoms with van der Waals surface area (Å²) in [4.78, 5) is 25.3. The number of anilines is 2.